The van der Waals surface area contributed by atoms with Crippen LogP contribution in [0, 0.1) is 13.8 Å². The summed E-state index contributed by atoms with van der Waals surface area (Å²) in [6, 6.07) is 7.64. The zero-order valence-electron chi connectivity index (χ0n) is 15.0. The van der Waals surface area contributed by atoms with Gasteiger partial charge in [-0.15, -0.1) is 0 Å². The molecule has 0 bridgehead atoms. The number of nitrogens with one attached hydrogen (secondary N) is 2. The van der Waals surface area contributed by atoms with E-state index in [4.69, 9.17) is 0 Å². The fraction of sp³-hybridized carbons (Fsp3) is 0.263. The number of aromatic nitrogens is 4. The Morgan fingerprint density at radius 2 is 2.08 bits per heavy atom. The van der Waals surface area contributed by atoms with Crippen molar-refractivity contribution in [3.8, 4) is 11.4 Å². The highest BCUT2D eigenvalue weighted by Gasteiger charge is 2.14. The van der Waals surface area contributed by atoms with E-state index in [2.05, 4.69) is 20.4 Å². The van der Waals surface area contributed by atoms with Gasteiger partial charge in [-0.2, -0.15) is 5.10 Å². The first-order valence-corrected chi connectivity index (χ1v) is 8.45. The highest BCUT2D eigenvalue weighted by Crippen LogP contribution is 2.14. The zero-order chi connectivity index (χ0) is 18.7. The Morgan fingerprint density at radius 1 is 1.27 bits per heavy atom. The fourth-order valence-corrected chi connectivity index (χ4v) is 2.74. The van der Waals surface area contributed by atoms with Crippen LogP contribution in [0.3, 0.4) is 0 Å². The molecule has 0 radical (unpaired) electrons. The second kappa shape index (κ2) is 7.35. The number of aryl methyl sites for hydroxylation is 2. The van der Waals surface area contributed by atoms with Crippen molar-refractivity contribution < 1.29 is 4.79 Å². The summed E-state index contributed by atoms with van der Waals surface area (Å²) >= 11 is 0. The molecule has 2 N–H and O–H groups in total. The minimum atomic E-state index is -0.463. The molecule has 0 unspecified atom stereocenters. The van der Waals surface area contributed by atoms with Crippen LogP contribution >= 0.6 is 0 Å². The Balaban J connectivity index is 1.75. The number of amides is 1. The van der Waals surface area contributed by atoms with Gasteiger partial charge in [-0.3, -0.25) is 14.3 Å². The molecular formula is C19H21N5O2. The SMILES string of the molecule is CCn1ncc(CNC(=O)c2cnc(-c3cccc(C)c3)[nH]c2=O)c1C. The summed E-state index contributed by atoms with van der Waals surface area (Å²) < 4.78 is 1.85. The molecule has 7 heteroatoms. The number of hydrogen-bond acceptors (Lipinski definition) is 4. The summed E-state index contributed by atoms with van der Waals surface area (Å²) in [4.78, 5) is 31.5. The molecule has 1 amide bonds. The summed E-state index contributed by atoms with van der Waals surface area (Å²) in [7, 11) is 0. The summed E-state index contributed by atoms with van der Waals surface area (Å²) in [6.07, 6.45) is 3.04. The normalized spacial score (nSPS) is 10.7. The number of nitrogens with zero attached hydrogens (tertiary/aromatic N) is 3. The maximum Gasteiger partial charge on any atom is 0.264 e. The molecule has 0 aliphatic heterocycles. The van der Waals surface area contributed by atoms with Gasteiger partial charge in [-0.25, -0.2) is 4.98 Å². The summed E-state index contributed by atoms with van der Waals surface area (Å²) in [5.74, 6) is -0.0199. The smallest absolute Gasteiger partial charge is 0.264 e. The van der Waals surface area contributed by atoms with Crippen LogP contribution in [-0.4, -0.2) is 25.7 Å². The number of hydrogen-bond donors (Lipinski definition) is 2. The molecule has 134 valence electrons. The van der Waals surface area contributed by atoms with Crippen LogP contribution in [0.2, 0.25) is 0 Å². The molecule has 0 aliphatic carbocycles. The van der Waals surface area contributed by atoms with Crippen LogP contribution in [0.15, 0.2) is 41.5 Å². The first kappa shape index (κ1) is 17.6. The molecule has 0 saturated carbocycles. The van der Waals surface area contributed by atoms with E-state index in [0.717, 1.165) is 28.9 Å². The van der Waals surface area contributed by atoms with Gasteiger partial charge < -0.3 is 10.3 Å². The number of carbonyl (C=O) groups excluding carboxylic acids is 1. The highest BCUT2D eigenvalue weighted by atomic mass is 16.2. The summed E-state index contributed by atoms with van der Waals surface area (Å²) in [5.41, 5.74) is 3.30. The number of carbonyl (C=O) groups is 1. The van der Waals surface area contributed by atoms with Gasteiger partial charge in [-0.05, 0) is 26.8 Å². The number of aromatic amines is 1. The predicted octanol–water partition coefficient (Wildman–Crippen LogP) is 2.20. The lowest BCUT2D eigenvalue weighted by molar-refractivity contribution is 0.0949. The number of rotatable bonds is 5. The van der Waals surface area contributed by atoms with Crippen molar-refractivity contribution in [3.05, 3.63) is 69.4 Å². The Kier molecular flexibility index (Phi) is 4.97. The van der Waals surface area contributed by atoms with Crippen LogP contribution in [0.1, 0.15) is 34.1 Å². The third-order valence-electron chi connectivity index (χ3n) is 4.28. The molecular weight excluding hydrogens is 330 g/mol. The average molecular weight is 351 g/mol. The predicted molar refractivity (Wildman–Crippen MR) is 98.8 cm³/mol. The molecule has 7 nitrogen and oxygen atoms in total. The first-order chi connectivity index (χ1) is 12.5. The van der Waals surface area contributed by atoms with Crippen molar-refractivity contribution in [2.45, 2.75) is 33.9 Å². The third kappa shape index (κ3) is 3.56. The second-order valence-corrected chi connectivity index (χ2v) is 6.10. The lowest BCUT2D eigenvalue weighted by Crippen LogP contribution is -2.30. The van der Waals surface area contributed by atoms with Gasteiger partial charge in [0.25, 0.3) is 11.5 Å². The number of H-pyrrole nitrogens is 1. The van der Waals surface area contributed by atoms with Crippen LogP contribution in [-0.2, 0) is 13.1 Å². The zero-order valence-corrected chi connectivity index (χ0v) is 15.0. The lowest BCUT2D eigenvalue weighted by atomic mass is 10.1. The van der Waals surface area contributed by atoms with Crippen LogP contribution in [0.25, 0.3) is 11.4 Å². The molecule has 2 aromatic heterocycles. The topological polar surface area (TPSA) is 92.7 Å². The second-order valence-electron chi connectivity index (χ2n) is 6.10. The fourth-order valence-electron chi connectivity index (χ4n) is 2.74. The lowest BCUT2D eigenvalue weighted by Gasteiger charge is -2.06. The largest absolute Gasteiger partial charge is 0.348 e. The van der Waals surface area contributed by atoms with Crippen molar-refractivity contribution >= 4 is 5.91 Å². The molecule has 0 saturated heterocycles. The van der Waals surface area contributed by atoms with Gasteiger partial charge in [0.15, 0.2) is 0 Å². The minimum Gasteiger partial charge on any atom is -0.348 e. The number of benzene rings is 1. The van der Waals surface area contributed by atoms with Crippen molar-refractivity contribution in [2.75, 3.05) is 0 Å². The molecule has 1 aromatic carbocycles. The van der Waals surface area contributed by atoms with E-state index < -0.39 is 11.5 Å². The van der Waals surface area contributed by atoms with Crippen LogP contribution in [0.4, 0.5) is 0 Å². The Labute approximate surface area is 151 Å². The van der Waals surface area contributed by atoms with E-state index >= 15 is 0 Å². The van der Waals surface area contributed by atoms with Crippen molar-refractivity contribution in [3.63, 3.8) is 0 Å². The third-order valence-corrected chi connectivity index (χ3v) is 4.28. The average Bonchev–Trinajstić information content (AvgIpc) is 2.99. The van der Waals surface area contributed by atoms with E-state index in [1.54, 1.807) is 6.20 Å². The van der Waals surface area contributed by atoms with Gasteiger partial charge in [0.2, 0.25) is 0 Å². The molecule has 0 fully saturated rings. The maximum absolute atomic E-state index is 12.3. The van der Waals surface area contributed by atoms with Gasteiger partial charge in [0.1, 0.15) is 11.4 Å². The molecule has 26 heavy (non-hydrogen) atoms. The summed E-state index contributed by atoms with van der Waals surface area (Å²) in [6.45, 7) is 6.99. The standard InChI is InChI=1S/C19H21N5O2/c1-4-24-13(3)15(10-22-24)9-21-18(25)16-11-20-17(23-19(16)26)14-7-5-6-12(2)8-14/h5-8,10-11H,4,9H2,1-3H3,(H,21,25)(H,20,23,26). The van der Waals surface area contributed by atoms with Gasteiger partial charge in [0.05, 0.1) is 6.20 Å². The van der Waals surface area contributed by atoms with Gasteiger partial charge >= 0.3 is 0 Å². The van der Waals surface area contributed by atoms with Crippen molar-refractivity contribution in [1.82, 2.24) is 25.1 Å². The highest BCUT2D eigenvalue weighted by molar-refractivity contribution is 5.93. The molecule has 3 aromatic rings. The van der Waals surface area contributed by atoms with Crippen molar-refractivity contribution in [1.29, 1.82) is 0 Å². The van der Waals surface area contributed by atoms with E-state index in [1.807, 2.05) is 49.7 Å². The minimum absolute atomic E-state index is 0.0121. The van der Waals surface area contributed by atoms with E-state index in [1.165, 1.54) is 6.20 Å². The van der Waals surface area contributed by atoms with E-state index in [9.17, 15) is 9.59 Å². The Bertz CT molecular complexity index is 1000. The molecule has 3 rings (SSSR count). The van der Waals surface area contributed by atoms with Gasteiger partial charge in [0, 0.05) is 36.1 Å². The maximum atomic E-state index is 12.3. The Hall–Kier alpha value is -3.22. The van der Waals surface area contributed by atoms with E-state index in [-0.39, 0.29) is 5.56 Å². The van der Waals surface area contributed by atoms with Crippen molar-refractivity contribution in [2.24, 2.45) is 0 Å². The molecule has 0 aliphatic rings. The molecule has 0 atom stereocenters. The van der Waals surface area contributed by atoms with Crippen LogP contribution < -0.4 is 10.9 Å². The molecule has 2 heterocycles. The van der Waals surface area contributed by atoms with Crippen LogP contribution in [0.5, 0.6) is 0 Å². The quantitative estimate of drug-likeness (QED) is 0.737. The summed E-state index contributed by atoms with van der Waals surface area (Å²) in [5, 5.41) is 6.99. The van der Waals surface area contributed by atoms with Gasteiger partial charge in [-0.1, -0.05) is 23.8 Å². The van der Waals surface area contributed by atoms with E-state index in [0.29, 0.717) is 12.4 Å². The molecule has 0 spiro atoms. The Morgan fingerprint density at radius 3 is 2.73 bits per heavy atom. The monoisotopic (exact) mass is 351 g/mol. The first-order valence-electron chi connectivity index (χ1n) is 8.45.